The van der Waals surface area contributed by atoms with Crippen molar-refractivity contribution in [3.8, 4) is 0 Å². The Morgan fingerprint density at radius 1 is 1.00 bits per heavy atom. The third kappa shape index (κ3) is 1.23. The molecule has 0 aliphatic rings. The van der Waals surface area contributed by atoms with E-state index in [1.165, 1.54) is 16.4 Å². The minimum atomic E-state index is 0.959. The van der Waals surface area contributed by atoms with Crippen LogP contribution < -0.4 is 0 Å². The van der Waals surface area contributed by atoms with Gasteiger partial charge in [0.25, 0.3) is 0 Å². The van der Waals surface area contributed by atoms with Crippen molar-refractivity contribution in [1.29, 1.82) is 0 Å². The fourth-order valence-corrected chi connectivity index (χ4v) is 3.24. The molecule has 0 bridgehead atoms. The van der Waals surface area contributed by atoms with Crippen molar-refractivity contribution in [2.75, 3.05) is 0 Å². The highest BCUT2D eigenvalue weighted by Gasteiger charge is 2.14. The third-order valence-corrected chi connectivity index (χ3v) is 4.20. The molecular formula is C16H11N5. The van der Waals surface area contributed by atoms with E-state index in [-0.39, 0.29) is 0 Å². The Hall–Kier alpha value is -2.95. The first-order chi connectivity index (χ1) is 10.3. The summed E-state index contributed by atoms with van der Waals surface area (Å²) in [5.74, 6) is 0. The average molecular weight is 273 g/mol. The lowest BCUT2D eigenvalue weighted by atomic mass is 10.1. The van der Waals surface area contributed by atoms with E-state index in [0.717, 1.165) is 27.3 Å². The number of hydrogen-bond acceptors (Lipinski definition) is 3. The summed E-state index contributed by atoms with van der Waals surface area (Å²) in [6, 6.07) is 6.31. The van der Waals surface area contributed by atoms with E-state index >= 15 is 0 Å². The van der Waals surface area contributed by atoms with Crippen molar-refractivity contribution in [3.63, 3.8) is 0 Å². The molecule has 0 aliphatic carbocycles. The second kappa shape index (κ2) is 3.58. The van der Waals surface area contributed by atoms with Gasteiger partial charge in [-0.2, -0.15) is 0 Å². The molecule has 0 radical (unpaired) electrons. The summed E-state index contributed by atoms with van der Waals surface area (Å²) < 4.78 is 2.20. The van der Waals surface area contributed by atoms with Gasteiger partial charge in [0, 0.05) is 35.6 Å². The van der Waals surface area contributed by atoms with E-state index in [0.29, 0.717) is 0 Å². The molecule has 0 fully saturated rings. The van der Waals surface area contributed by atoms with Crippen LogP contribution in [-0.4, -0.2) is 24.5 Å². The van der Waals surface area contributed by atoms with Crippen molar-refractivity contribution in [2.24, 2.45) is 7.05 Å². The molecule has 0 saturated carbocycles. The topological polar surface area (TPSA) is 59.4 Å². The summed E-state index contributed by atoms with van der Waals surface area (Å²) in [5, 5.41) is 3.47. The van der Waals surface area contributed by atoms with Gasteiger partial charge < -0.3 is 9.55 Å². The summed E-state index contributed by atoms with van der Waals surface area (Å²) in [6.45, 7) is 0. The van der Waals surface area contributed by atoms with Crippen LogP contribution in [0.4, 0.5) is 0 Å². The van der Waals surface area contributed by atoms with Crippen LogP contribution in [-0.2, 0) is 7.05 Å². The number of benzene rings is 1. The van der Waals surface area contributed by atoms with Crippen LogP contribution in [0.3, 0.4) is 0 Å². The molecule has 0 aliphatic heterocycles. The van der Waals surface area contributed by atoms with Crippen LogP contribution in [0.2, 0.25) is 0 Å². The number of rotatable bonds is 0. The minimum Gasteiger partial charge on any atom is -0.351 e. The molecule has 0 saturated heterocycles. The highest BCUT2D eigenvalue weighted by molar-refractivity contribution is 6.23. The van der Waals surface area contributed by atoms with Gasteiger partial charge >= 0.3 is 0 Å². The monoisotopic (exact) mass is 273 g/mol. The van der Waals surface area contributed by atoms with Gasteiger partial charge in [0.05, 0.1) is 33.8 Å². The molecule has 0 spiro atoms. The zero-order valence-electron chi connectivity index (χ0n) is 11.3. The first-order valence-corrected chi connectivity index (χ1v) is 6.77. The summed E-state index contributed by atoms with van der Waals surface area (Å²) in [6.07, 6.45) is 7.16. The first kappa shape index (κ1) is 10.8. The number of aromatic amines is 1. The molecule has 0 unspecified atom stereocenters. The largest absolute Gasteiger partial charge is 0.351 e. The van der Waals surface area contributed by atoms with Crippen molar-refractivity contribution < 1.29 is 0 Å². The van der Waals surface area contributed by atoms with E-state index < -0.39 is 0 Å². The van der Waals surface area contributed by atoms with E-state index in [9.17, 15) is 0 Å². The maximum atomic E-state index is 4.40. The van der Waals surface area contributed by atoms with Crippen LogP contribution in [0.1, 0.15) is 0 Å². The first-order valence-electron chi connectivity index (χ1n) is 6.77. The fraction of sp³-hybridized carbons (Fsp3) is 0.0625. The van der Waals surface area contributed by atoms with Crippen LogP contribution in [0.15, 0.2) is 43.1 Å². The van der Waals surface area contributed by atoms with Gasteiger partial charge in [-0.1, -0.05) is 0 Å². The number of aromatic nitrogens is 5. The summed E-state index contributed by atoms with van der Waals surface area (Å²) in [5.41, 5.74) is 5.38. The Kier molecular flexibility index (Phi) is 1.84. The quantitative estimate of drug-likeness (QED) is 0.471. The molecule has 1 N–H and O–H groups in total. The van der Waals surface area contributed by atoms with Crippen molar-refractivity contribution >= 4 is 43.7 Å². The average Bonchev–Trinajstić information content (AvgIpc) is 3.04. The highest BCUT2D eigenvalue weighted by atomic mass is 14.9. The number of hydrogen-bond donors (Lipinski definition) is 1. The van der Waals surface area contributed by atoms with Gasteiger partial charge in [0.1, 0.15) is 6.33 Å². The van der Waals surface area contributed by atoms with Gasteiger partial charge in [-0.3, -0.25) is 4.98 Å². The summed E-state index contributed by atoms with van der Waals surface area (Å²) >= 11 is 0. The normalized spacial score (nSPS) is 12.0. The predicted molar refractivity (Wildman–Crippen MR) is 83.2 cm³/mol. The van der Waals surface area contributed by atoms with Crippen molar-refractivity contribution in [1.82, 2.24) is 24.5 Å². The van der Waals surface area contributed by atoms with Crippen molar-refractivity contribution in [2.45, 2.75) is 0 Å². The van der Waals surface area contributed by atoms with E-state index in [1.54, 1.807) is 6.33 Å². The van der Waals surface area contributed by atoms with E-state index in [1.807, 2.05) is 24.7 Å². The number of fused-ring (bicyclic) bond motifs is 7. The Bertz CT molecular complexity index is 1150. The predicted octanol–water partition coefficient (Wildman–Crippen LogP) is 3.15. The zero-order chi connectivity index (χ0) is 14.0. The maximum absolute atomic E-state index is 4.40. The fourth-order valence-electron chi connectivity index (χ4n) is 3.24. The molecule has 100 valence electrons. The lowest BCUT2D eigenvalue weighted by Gasteiger charge is -1.97. The second-order valence-corrected chi connectivity index (χ2v) is 5.24. The number of pyridine rings is 1. The van der Waals surface area contributed by atoms with Crippen LogP contribution in [0, 0.1) is 0 Å². The third-order valence-electron chi connectivity index (χ3n) is 4.20. The smallest absolute Gasteiger partial charge is 0.116 e. The van der Waals surface area contributed by atoms with Gasteiger partial charge in [-0.15, -0.1) is 0 Å². The summed E-state index contributed by atoms with van der Waals surface area (Å²) in [7, 11) is 2.08. The van der Waals surface area contributed by atoms with Gasteiger partial charge in [0.2, 0.25) is 0 Å². The van der Waals surface area contributed by atoms with Crippen LogP contribution in [0.25, 0.3) is 43.7 Å². The number of aryl methyl sites for hydroxylation is 1. The van der Waals surface area contributed by atoms with Crippen LogP contribution >= 0.6 is 0 Å². The lowest BCUT2D eigenvalue weighted by Crippen LogP contribution is -1.85. The van der Waals surface area contributed by atoms with E-state index in [2.05, 4.69) is 43.7 Å². The molecule has 0 atom stereocenters. The summed E-state index contributed by atoms with van der Waals surface area (Å²) in [4.78, 5) is 16.2. The van der Waals surface area contributed by atoms with Gasteiger partial charge in [0.15, 0.2) is 0 Å². The lowest BCUT2D eigenvalue weighted by molar-refractivity contribution is 1.01. The Labute approximate surface area is 119 Å². The zero-order valence-corrected chi connectivity index (χ0v) is 11.3. The van der Waals surface area contributed by atoms with Gasteiger partial charge in [-0.05, 0) is 18.2 Å². The number of nitrogens with one attached hydrogen (secondary N) is 1. The molecule has 4 aromatic heterocycles. The van der Waals surface area contributed by atoms with Gasteiger partial charge in [-0.25, -0.2) is 9.97 Å². The van der Waals surface area contributed by atoms with E-state index in [4.69, 9.17) is 0 Å². The number of H-pyrrole nitrogens is 1. The molecule has 1 aromatic carbocycles. The number of nitrogens with zero attached hydrogens (tertiary/aromatic N) is 4. The Morgan fingerprint density at radius 3 is 2.90 bits per heavy atom. The molecule has 0 amide bonds. The molecule has 5 heteroatoms. The highest BCUT2D eigenvalue weighted by Crippen LogP contribution is 2.35. The molecule has 5 nitrogen and oxygen atoms in total. The van der Waals surface area contributed by atoms with Crippen LogP contribution in [0.5, 0.6) is 0 Å². The molecule has 4 heterocycles. The Balaban J connectivity index is 2.16. The maximum Gasteiger partial charge on any atom is 0.116 e. The molecule has 5 aromatic rings. The SMILES string of the molecule is Cn1c2ccncc2c2c3[nH]c4cncnc4c3ccc21. The molecule has 5 rings (SSSR count). The van der Waals surface area contributed by atoms with Crippen molar-refractivity contribution in [3.05, 3.63) is 43.1 Å². The molecular weight excluding hydrogens is 262 g/mol. The minimum absolute atomic E-state index is 0.959. The Morgan fingerprint density at radius 2 is 1.95 bits per heavy atom. The standard InChI is InChI=1S/C16H11N5/c1-21-12-4-5-17-6-10(12)14-13(21)3-2-9-15-11(20-16(9)14)7-18-8-19-15/h2-8,20H,1H3. The molecule has 21 heavy (non-hydrogen) atoms. The second-order valence-electron chi connectivity index (χ2n) is 5.24.